The summed E-state index contributed by atoms with van der Waals surface area (Å²) in [5.74, 6) is 0.201. The minimum Gasteiger partial charge on any atom is -0.370 e. The van der Waals surface area contributed by atoms with Gasteiger partial charge in [-0.15, -0.1) is 10.2 Å². The number of nitrogens with two attached hydrogens (primary N) is 1. The van der Waals surface area contributed by atoms with Crippen LogP contribution in [0.4, 0.5) is 8.78 Å². The molecule has 9 nitrogen and oxygen atoms in total. The molecule has 5 rings (SSSR count). The molecule has 0 saturated carbocycles. The number of aromatic nitrogens is 6. The minimum absolute atomic E-state index is 0.0669. The van der Waals surface area contributed by atoms with E-state index in [-0.39, 0.29) is 11.6 Å². The van der Waals surface area contributed by atoms with Crippen molar-refractivity contribution in [3.05, 3.63) is 52.6 Å². The molecule has 30 heavy (non-hydrogen) atoms. The van der Waals surface area contributed by atoms with Gasteiger partial charge >= 0.3 is 0 Å². The van der Waals surface area contributed by atoms with Crippen LogP contribution < -0.4 is 5.73 Å². The van der Waals surface area contributed by atoms with Crippen LogP contribution >= 0.6 is 0 Å². The molecule has 0 radical (unpaired) electrons. The first kappa shape index (κ1) is 19.2. The Bertz CT molecular complexity index is 1100. The topological polar surface area (TPSA) is 99.9 Å². The van der Waals surface area contributed by atoms with E-state index in [2.05, 4.69) is 25.3 Å². The van der Waals surface area contributed by atoms with Crippen LogP contribution in [-0.2, 0) is 24.9 Å². The van der Waals surface area contributed by atoms with Gasteiger partial charge in [-0.1, -0.05) is 4.80 Å². The standard InChI is InChI=1S/C19H22F2N8O/c1-10-24-26-29(25-10)19-23-16-7-28(8-17(16)27(19)2)12-6-15(22)18(30-9-12)13-5-11(20)3-4-14(13)21/h3-5,12,15,18H,6-9,22H2,1-2H3/t12-,15+,18-/m1/s1. The number of rotatable bonds is 3. The summed E-state index contributed by atoms with van der Waals surface area (Å²) in [5, 5.41) is 12.1. The summed E-state index contributed by atoms with van der Waals surface area (Å²) in [6.07, 6.45) is -0.0426. The van der Waals surface area contributed by atoms with E-state index >= 15 is 0 Å². The SMILES string of the molecule is Cc1nnn(-c2nc3c(n2C)CN([C@H]2CO[C@H](c4cc(F)ccc4F)[C@@H](N)C2)C3)n1. The van der Waals surface area contributed by atoms with Gasteiger partial charge in [-0.3, -0.25) is 4.90 Å². The van der Waals surface area contributed by atoms with Crippen molar-refractivity contribution in [2.24, 2.45) is 12.8 Å². The van der Waals surface area contributed by atoms with Crippen LogP contribution in [0.1, 0.15) is 35.3 Å². The number of aryl methyl sites for hydroxylation is 1. The average Bonchev–Trinajstić information content (AvgIpc) is 3.40. The molecule has 1 saturated heterocycles. The normalized spacial score (nSPS) is 24.4. The molecule has 158 valence electrons. The number of nitrogens with zero attached hydrogens (tertiary/aromatic N) is 7. The van der Waals surface area contributed by atoms with Gasteiger partial charge in [-0.25, -0.2) is 13.8 Å². The molecule has 1 aromatic carbocycles. The molecule has 2 aliphatic rings. The lowest BCUT2D eigenvalue weighted by atomic mass is 9.93. The number of ether oxygens (including phenoxy) is 1. The summed E-state index contributed by atoms with van der Waals surface area (Å²) in [5.41, 5.74) is 8.51. The van der Waals surface area contributed by atoms with Crippen molar-refractivity contribution in [3.63, 3.8) is 0 Å². The van der Waals surface area contributed by atoms with Gasteiger partial charge in [-0.2, -0.15) is 0 Å². The zero-order valence-corrected chi connectivity index (χ0v) is 16.7. The highest BCUT2D eigenvalue weighted by Gasteiger charge is 2.38. The molecule has 3 aromatic rings. The summed E-state index contributed by atoms with van der Waals surface area (Å²) in [7, 11) is 1.93. The molecule has 2 aromatic heterocycles. The van der Waals surface area contributed by atoms with E-state index < -0.39 is 23.8 Å². The van der Waals surface area contributed by atoms with Gasteiger partial charge in [0.25, 0.3) is 5.95 Å². The molecular formula is C19H22F2N8O. The van der Waals surface area contributed by atoms with Crippen molar-refractivity contribution >= 4 is 0 Å². The van der Waals surface area contributed by atoms with E-state index in [1.807, 2.05) is 11.6 Å². The van der Waals surface area contributed by atoms with Gasteiger partial charge in [0.05, 0.1) is 18.0 Å². The van der Waals surface area contributed by atoms with E-state index in [4.69, 9.17) is 10.5 Å². The Kier molecular flexibility index (Phi) is 4.60. The van der Waals surface area contributed by atoms with Crippen LogP contribution in [-0.4, -0.2) is 53.3 Å². The molecular weight excluding hydrogens is 394 g/mol. The lowest BCUT2D eigenvalue weighted by Gasteiger charge is -2.38. The summed E-state index contributed by atoms with van der Waals surface area (Å²) < 4.78 is 35.6. The second kappa shape index (κ2) is 7.18. The molecule has 0 unspecified atom stereocenters. The maximum absolute atomic E-state index is 14.1. The molecule has 4 heterocycles. The van der Waals surface area contributed by atoms with Gasteiger partial charge in [0, 0.05) is 37.8 Å². The Morgan fingerprint density at radius 2 is 2.07 bits per heavy atom. The number of hydrogen-bond acceptors (Lipinski definition) is 7. The van der Waals surface area contributed by atoms with Crippen LogP contribution in [0.3, 0.4) is 0 Å². The highest BCUT2D eigenvalue weighted by atomic mass is 19.1. The molecule has 0 aliphatic carbocycles. The van der Waals surface area contributed by atoms with Crippen LogP contribution in [0.25, 0.3) is 5.95 Å². The Hall–Kier alpha value is -2.76. The third kappa shape index (κ3) is 3.18. The van der Waals surface area contributed by atoms with E-state index in [1.54, 1.807) is 6.92 Å². The largest absolute Gasteiger partial charge is 0.370 e. The second-order valence-corrected chi connectivity index (χ2v) is 7.87. The van der Waals surface area contributed by atoms with Gasteiger partial charge < -0.3 is 15.0 Å². The zero-order valence-electron chi connectivity index (χ0n) is 16.7. The second-order valence-electron chi connectivity index (χ2n) is 7.87. The van der Waals surface area contributed by atoms with Gasteiger partial charge in [0.1, 0.15) is 17.7 Å². The third-order valence-corrected chi connectivity index (χ3v) is 5.85. The fraction of sp³-hybridized carbons (Fsp3) is 0.474. The van der Waals surface area contributed by atoms with Crippen molar-refractivity contribution in [1.29, 1.82) is 0 Å². The molecule has 3 atom stereocenters. The molecule has 0 bridgehead atoms. The Labute approximate surface area is 171 Å². The molecule has 11 heteroatoms. The number of imidazole rings is 1. The van der Waals surface area contributed by atoms with Gasteiger partial charge in [0.2, 0.25) is 0 Å². The Morgan fingerprint density at radius 1 is 1.23 bits per heavy atom. The van der Waals surface area contributed by atoms with Crippen LogP contribution in [0.2, 0.25) is 0 Å². The molecule has 2 aliphatic heterocycles. The first-order valence-electron chi connectivity index (χ1n) is 9.78. The first-order valence-corrected chi connectivity index (χ1v) is 9.78. The Balaban J connectivity index is 1.29. The number of benzene rings is 1. The predicted octanol–water partition coefficient (Wildman–Crippen LogP) is 1.16. The number of hydrogen-bond donors (Lipinski definition) is 1. The quantitative estimate of drug-likeness (QED) is 0.684. The summed E-state index contributed by atoms with van der Waals surface area (Å²) in [4.78, 5) is 8.35. The van der Waals surface area contributed by atoms with E-state index in [0.717, 1.165) is 29.6 Å². The van der Waals surface area contributed by atoms with Crippen LogP contribution in [0, 0.1) is 18.6 Å². The number of fused-ring (bicyclic) bond motifs is 1. The average molecular weight is 416 g/mol. The first-order chi connectivity index (χ1) is 14.4. The van der Waals surface area contributed by atoms with Crippen LogP contribution in [0.15, 0.2) is 18.2 Å². The summed E-state index contributed by atoms with van der Waals surface area (Å²) in [6, 6.07) is 3.00. The van der Waals surface area contributed by atoms with Crippen molar-refractivity contribution in [3.8, 4) is 5.95 Å². The molecule has 2 N–H and O–H groups in total. The number of tetrazole rings is 1. The van der Waals surface area contributed by atoms with Gasteiger partial charge in [0.15, 0.2) is 5.82 Å². The highest BCUT2D eigenvalue weighted by molar-refractivity contribution is 5.28. The highest BCUT2D eigenvalue weighted by Crippen LogP contribution is 2.34. The lowest BCUT2D eigenvalue weighted by molar-refractivity contribution is -0.0535. The predicted molar refractivity (Wildman–Crippen MR) is 101 cm³/mol. The monoisotopic (exact) mass is 416 g/mol. The fourth-order valence-corrected chi connectivity index (χ4v) is 4.30. The van der Waals surface area contributed by atoms with Crippen molar-refractivity contribution in [2.45, 2.75) is 44.6 Å². The molecule has 1 fully saturated rings. The van der Waals surface area contributed by atoms with E-state index in [1.165, 1.54) is 4.80 Å². The summed E-state index contributed by atoms with van der Waals surface area (Å²) in [6.45, 7) is 3.50. The van der Waals surface area contributed by atoms with Gasteiger partial charge in [-0.05, 0) is 36.8 Å². The minimum atomic E-state index is -0.659. The Morgan fingerprint density at radius 3 is 2.77 bits per heavy atom. The zero-order chi connectivity index (χ0) is 21.0. The third-order valence-electron chi connectivity index (χ3n) is 5.85. The smallest absolute Gasteiger partial charge is 0.251 e. The van der Waals surface area contributed by atoms with Crippen molar-refractivity contribution in [1.82, 2.24) is 34.7 Å². The maximum Gasteiger partial charge on any atom is 0.251 e. The van der Waals surface area contributed by atoms with Crippen LogP contribution in [0.5, 0.6) is 0 Å². The summed E-state index contributed by atoms with van der Waals surface area (Å²) >= 11 is 0. The van der Waals surface area contributed by atoms with E-state index in [0.29, 0.717) is 37.9 Å². The number of halogens is 2. The lowest BCUT2D eigenvalue weighted by Crippen LogP contribution is -2.47. The fourth-order valence-electron chi connectivity index (χ4n) is 4.30. The van der Waals surface area contributed by atoms with Crippen molar-refractivity contribution < 1.29 is 13.5 Å². The van der Waals surface area contributed by atoms with E-state index in [9.17, 15) is 8.78 Å². The molecule has 0 amide bonds. The maximum atomic E-state index is 14.1. The molecule has 0 spiro atoms. The van der Waals surface area contributed by atoms with Crippen molar-refractivity contribution in [2.75, 3.05) is 6.61 Å².